The van der Waals surface area contributed by atoms with Gasteiger partial charge >= 0.3 is 0 Å². The van der Waals surface area contributed by atoms with E-state index in [1.807, 2.05) is 27.7 Å². The van der Waals surface area contributed by atoms with E-state index in [0.29, 0.717) is 37.5 Å². The van der Waals surface area contributed by atoms with E-state index in [2.05, 4.69) is 0 Å². The first-order valence-electron chi connectivity index (χ1n) is 11.4. The van der Waals surface area contributed by atoms with Crippen molar-refractivity contribution in [1.29, 1.82) is 0 Å². The average Bonchev–Trinajstić information content (AvgIpc) is 3.48. The van der Waals surface area contributed by atoms with Crippen molar-refractivity contribution in [3.63, 3.8) is 0 Å². The second-order valence-electron chi connectivity index (χ2n) is 9.32. The molecule has 2 aliphatic rings. The topological polar surface area (TPSA) is 137 Å². The molecule has 8 heteroatoms. The van der Waals surface area contributed by atoms with E-state index in [0.717, 1.165) is 0 Å². The van der Waals surface area contributed by atoms with E-state index in [4.69, 9.17) is 9.47 Å². The lowest BCUT2D eigenvalue weighted by molar-refractivity contribution is -0.239. The lowest BCUT2D eigenvalue weighted by Crippen LogP contribution is -2.55. The molecule has 32 heavy (non-hydrogen) atoms. The maximum atomic E-state index is 13.6. The number of rotatable bonds is 9. The predicted octanol–water partition coefficient (Wildman–Crippen LogP) is 2.72. The van der Waals surface area contributed by atoms with Crippen LogP contribution < -0.4 is 0 Å². The molecule has 6 atom stereocenters. The van der Waals surface area contributed by atoms with Crippen molar-refractivity contribution < 1.29 is 39.5 Å². The second-order valence-corrected chi connectivity index (χ2v) is 9.32. The van der Waals surface area contributed by atoms with Gasteiger partial charge in [0.2, 0.25) is 0 Å². The summed E-state index contributed by atoms with van der Waals surface area (Å²) in [6.45, 7) is 7.66. The number of hydrogen-bond acceptors (Lipinski definition) is 8. The fourth-order valence-corrected chi connectivity index (χ4v) is 4.91. The third kappa shape index (κ3) is 4.17. The van der Waals surface area contributed by atoms with Gasteiger partial charge in [0.1, 0.15) is 11.5 Å². The summed E-state index contributed by atoms with van der Waals surface area (Å²) in [6.07, 6.45) is -0.969. The van der Waals surface area contributed by atoms with Gasteiger partial charge in [0.25, 0.3) is 0 Å². The van der Waals surface area contributed by atoms with Crippen molar-refractivity contribution in [2.45, 2.75) is 90.0 Å². The third-order valence-electron chi connectivity index (χ3n) is 6.61. The smallest absolute Gasteiger partial charge is 0.189 e. The van der Waals surface area contributed by atoms with E-state index in [1.54, 1.807) is 0 Å². The van der Waals surface area contributed by atoms with Gasteiger partial charge in [-0.2, -0.15) is 0 Å². The molecule has 2 heterocycles. The maximum absolute atomic E-state index is 13.6. The number of carbonyl (C=O) groups excluding carboxylic acids is 2. The zero-order chi connectivity index (χ0) is 23.8. The monoisotopic (exact) mass is 450 g/mol. The van der Waals surface area contributed by atoms with E-state index >= 15 is 0 Å². The summed E-state index contributed by atoms with van der Waals surface area (Å²) in [5, 5.41) is 42.3. The molecule has 0 aliphatic carbocycles. The number of Topliss-reactive ketones (excluding diaryl/α,β-unsaturated/α-hetero) is 1. The van der Waals surface area contributed by atoms with Crippen molar-refractivity contribution in [1.82, 2.24) is 0 Å². The molecule has 0 saturated carbocycles. The molecule has 4 N–H and O–H groups in total. The second kappa shape index (κ2) is 9.47. The first kappa shape index (κ1) is 24.6. The summed E-state index contributed by atoms with van der Waals surface area (Å²) in [5.41, 5.74) is -1.14. The number of benzene rings is 1. The van der Waals surface area contributed by atoms with Gasteiger partial charge in [0.15, 0.2) is 24.0 Å². The Morgan fingerprint density at radius 3 is 2.44 bits per heavy atom. The standard InChI is InChI=1S/C24H34O8/c1-5-7-14(17-10-18(26)24(23(30)31-17)19(6-2)32-24)21(28)15-9-13(8-12(3)4)20(27)16(11-25)22(15)29/h9,11-12,14,17-19,23,26-27,29-30H,5-8,10H2,1-4H3/t14?,17?,18-,19-,23+,24+/m0/s1. The van der Waals surface area contributed by atoms with Crippen LogP contribution in [-0.2, 0) is 15.9 Å². The fraction of sp³-hybridized carbons (Fsp3) is 0.667. The van der Waals surface area contributed by atoms with Crippen molar-refractivity contribution in [2.24, 2.45) is 11.8 Å². The molecule has 2 saturated heterocycles. The molecule has 8 nitrogen and oxygen atoms in total. The van der Waals surface area contributed by atoms with Crippen LogP contribution in [0.15, 0.2) is 6.07 Å². The van der Waals surface area contributed by atoms with Crippen LogP contribution in [0.5, 0.6) is 11.5 Å². The van der Waals surface area contributed by atoms with E-state index in [1.165, 1.54) is 6.07 Å². The molecule has 0 radical (unpaired) electrons. The van der Waals surface area contributed by atoms with Crippen LogP contribution in [-0.4, -0.2) is 62.7 Å². The number of aromatic hydroxyl groups is 2. The third-order valence-corrected chi connectivity index (χ3v) is 6.61. The summed E-state index contributed by atoms with van der Waals surface area (Å²) in [7, 11) is 0. The van der Waals surface area contributed by atoms with E-state index < -0.39 is 41.5 Å². The number of ketones is 1. The fourth-order valence-electron chi connectivity index (χ4n) is 4.91. The average molecular weight is 451 g/mol. The molecule has 1 aromatic carbocycles. The number of phenolic OH excluding ortho intramolecular Hbond substituents is 2. The van der Waals surface area contributed by atoms with Crippen molar-refractivity contribution in [3.8, 4) is 11.5 Å². The Kier molecular flexibility index (Phi) is 7.29. The van der Waals surface area contributed by atoms with Crippen LogP contribution in [0.4, 0.5) is 0 Å². The van der Waals surface area contributed by atoms with Gasteiger partial charge < -0.3 is 29.9 Å². The lowest BCUT2D eigenvalue weighted by atomic mass is 9.80. The Morgan fingerprint density at radius 2 is 1.94 bits per heavy atom. The minimum Gasteiger partial charge on any atom is -0.507 e. The normalized spacial score (nSPS) is 30.5. The highest BCUT2D eigenvalue weighted by molar-refractivity contribution is 6.04. The van der Waals surface area contributed by atoms with Gasteiger partial charge in [-0.3, -0.25) is 9.59 Å². The highest BCUT2D eigenvalue weighted by Gasteiger charge is 2.68. The molecular weight excluding hydrogens is 416 g/mol. The number of aliphatic hydroxyl groups is 2. The summed E-state index contributed by atoms with van der Waals surface area (Å²) < 4.78 is 11.3. The Balaban J connectivity index is 1.94. The Hall–Kier alpha value is -2.00. The molecular formula is C24H34O8. The van der Waals surface area contributed by atoms with Gasteiger partial charge in [-0.1, -0.05) is 34.1 Å². The van der Waals surface area contributed by atoms with Gasteiger partial charge in [-0.15, -0.1) is 0 Å². The lowest BCUT2D eigenvalue weighted by Gasteiger charge is -2.39. The number of ether oxygens (including phenoxy) is 2. The Morgan fingerprint density at radius 1 is 1.25 bits per heavy atom. The van der Waals surface area contributed by atoms with E-state index in [-0.39, 0.29) is 35.3 Å². The highest BCUT2D eigenvalue weighted by atomic mass is 16.7. The van der Waals surface area contributed by atoms with Crippen molar-refractivity contribution in [3.05, 3.63) is 22.8 Å². The number of carbonyl (C=O) groups is 2. The first-order chi connectivity index (χ1) is 15.1. The van der Waals surface area contributed by atoms with Crippen LogP contribution in [0.3, 0.4) is 0 Å². The van der Waals surface area contributed by atoms with Gasteiger partial charge in [-0.25, -0.2) is 0 Å². The van der Waals surface area contributed by atoms with Gasteiger partial charge in [0.05, 0.1) is 29.4 Å². The number of aldehydes is 1. The van der Waals surface area contributed by atoms with Crippen LogP contribution in [0.1, 0.15) is 79.7 Å². The van der Waals surface area contributed by atoms with Gasteiger partial charge in [-0.05, 0) is 36.8 Å². The summed E-state index contributed by atoms with van der Waals surface area (Å²) in [6, 6.07) is 1.43. The van der Waals surface area contributed by atoms with Crippen LogP contribution >= 0.6 is 0 Å². The molecule has 1 aromatic rings. The van der Waals surface area contributed by atoms with E-state index in [9.17, 15) is 30.0 Å². The molecule has 2 unspecified atom stereocenters. The molecule has 0 aromatic heterocycles. The zero-order valence-electron chi connectivity index (χ0n) is 19.1. The first-order valence-corrected chi connectivity index (χ1v) is 11.4. The van der Waals surface area contributed by atoms with Crippen molar-refractivity contribution in [2.75, 3.05) is 0 Å². The quantitative estimate of drug-likeness (QED) is 0.256. The minimum absolute atomic E-state index is 0.0685. The number of phenols is 2. The van der Waals surface area contributed by atoms with Gasteiger partial charge in [0, 0.05) is 12.3 Å². The summed E-state index contributed by atoms with van der Waals surface area (Å²) in [5.74, 6) is -1.97. The minimum atomic E-state index is -1.37. The predicted molar refractivity (Wildman–Crippen MR) is 116 cm³/mol. The molecule has 2 fully saturated rings. The molecule has 3 rings (SSSR count). The number of hydrogen-bond donors (Lipinski definition) is 4. The zero-order valence-corrected chi connectivity index (χ0v) is 19.1. The summed E-state index contributed by atoms with van der Waals surface area (Å²) >= 11 is 0. The summed E-state index contributed by atoms with van der Waals surface area (Å²) in [4.78, 5) is 25.1. The Bertz CT molecular complexity index is 852. The molecule has 0 amide bonds. The molecule has 0 bridgehead atoms. The Labute approximate surface area is 188 Å². The van der Waals surface area contributed by atoms with Crippen LogP contribution in [0.2, 0.25) is 0 Å². The van der Waals surface area contributed by atoms with Crippen LogP contribution in [0.25, 0.3) is 0 Å². The SMILES string of the molecule is CCCC(C(=O)c1cc(CC(C)C)c(O)c(C=O)c1O)C1C[C@H](O)[C@]2(O[C@H]2CC)[C@H](O)O1. The molecule has 1 spiro atoms. The highest BCUT2D eigenvalue weighted by Crippen LogP contribution is 2.50. The molecule has 2 aliphatic heterocycles. The maximum Gasteiger partial charge on any atom is 0.189 e. The molecule has 178 valence electrons. The largest absolute Gasteiger partial charge is 0.507 e. The number of epoxide rings is 1. The van der Waals surface area contributed by atoms with Crippen molar-refractivity contribution >= 4 is 12.1 Å². The van der Waals surface area contributed by atoms with Crippen LogP contribution in [0, 0.1) is 11.8 Å². The number of aliphatic hydroxyl groups excluding tert-OH is 2.